The van der Waals surface area contributed by atoms with Crippen molar-refractivity contribution >= 4 is 27.3 Å². The predicted molar refractivity (Wildman–Crippen MR) is 146 cm³/mol. The molecule has 0 spiro atoms. The van der Waals surface area contributed by atoms with Crippen LogP contribution in [0.25, 0.3) is 0 Å². The Morgan fingerprint density at radius 3 is 2.46 bits per heavy atom. The van der Waals surface area contributed by atoms with Crippen molar-refractivity contribution in [1.82, 2.24) is 9.88 Å². The van der Waals surface area contributed by atoms with Gasteiger partial charge in [0.25, 0.3) is 15.9 Å². The molecular formula is C28H34N4O4S. The normalized spacial score (nSPS) is 13.9. The van der Waals surface area contributed by atoms with Gasteiger partial charge in [0.1, 0.15) is 0 Å². The predicted octanol–water partition coefficient (Wildman–Crippen LogP) is 4.50. The summed E-state index contributed by atoms with van der Waals surface area (Å²) >= 11 is 0. The Kier molecular flexibility index (Phi) is 8.33. The van der Waals surface area contributed by atoms with Crippen LogP contribution in [-0.2, 0) is 16.4 Å². The lowest BCUT2D eigenvalue weighted by molar-refractivity contribution is 0.0745. The van der Waals surface area contributed by atoms with Crippen molar-refractivity contribution in [1.29, 1.82) is 0 Å². The largest absolute Gasteiger partial charge is 0.480 e. The minimum absolute atomic E-state index is 0.0650. The maximum Gasteiger partial charge on any atom is 0.261 e. The van der Waals surface area contributed by atoms with E-state index in [-0.39, 0.29) is 10.8 Å². The lowest BCUT2D eigenvalue weighted by atomic mass is 10.1. The molecule has 2 aromatic carbocycles. The van der Waals surface area contributed by atoms with E-state index in [0.29, 0.717) is 43.3 Å². The number of pyridine rings is 1. The maximum atomic E-state index is 13.4. The quantitative estimate of drug-likeness (QED) is 0.445. The van der Waals surface area contributed by atoms with Crippen LogP contribution in [0.15, 0.2) is 65.7 Å². The van der Waals surface area contributed by atoms with Crippen molar-refractivity contribution in [2.75, 3.05) is 42.9 Å². The highest BCUT2D eigenvalue weighted by Gasteiger charge is 2.26. The summed E-state index contributed by atoms with van der Waals surface area (Å²) in [6.45, 7) is 6.23. The summed E-state index contributed by atoms with van der Waals surface area (Å²) in [5.74, 6) is 0.381. The van der Waals surface area contributed by atoms with Crippen LogP contribution in [-0.4, -0.2) is 57.5 Å². The number of aromatic nitrogens is 1. The number of rotatable bonds is 9. The summed E-state index contributed by atoms with van der Waals surface area (Å²) < 4.78 is 34.3. The number of benzene rings is 2. The van der Waals surface area contributed by atoms with E-state index in [1.54, 1.807) is 36.4 Å². The van der Waals surface area contributed by atoms with Gasteiger partial charge in [0, 0.05) is 43.6 Å². The highest BCUT2D eigenvalue weighted by atomic mass is 32.2. The molecule has 8 nitrogen and oxygen atoms in total. The first-order valence-corrected chi connectivity index (χ1v) is 14.1. The van der Waals surface area contributed by atoms with E-state index in [0.717, 1.165) is 30.5 Å². The molecule has 0 radical (unpaired) electrons. The molecule has 0 atom stereocenters. The van der Waals surface area contributed by atoms with E-state index in [2.05, 4.69) is 21.5 Å². The van der Waals surface area contributed by atoms with Crippen LogP contribution < -0.4 is 14.4 Å². The van der Waals surface area contributed by atoms with E-state index in [4.69, 9.17) is 4.74 Å². The van der Waals surface area contributed by atoms with Gasteiger partial charge in [-0.05, 0) is 67.3 Å². The van der Waals surface area contributed by atoms with Gasteiger partial charge in [-0.2, -0.15) is 0 Å². The molecule has 0 bridgehead atoms. The number of ether oxygens (including phenoxy) is 1. The Morgan fingerprint density at radius 2 is 1.78 bits per heavy atom. The molecule has 1 fully saturated rings. The molecule has 0 unspecified atom stereocenters. The van der Waals surface area contributed by atoms with Gasteiger partial charge in [-0.3, -0.25) is 9.52 Å². The fraction of sp³-hybridized carbons (Fsp3) is 0.357. The molecule has 2 heterocycles. The second-order valence-corrected chi connectivity index (χ2v) is 10.9. The third-order valence-corrected chi connectivity index (χ3v) is 8.01. The fourth-order valence-corrected chi connectivity index (χ4v) is 5.52. The highest BCUT2D eigenvalue weighted by molar-refractivity contribution is 7.92. The van der Waals surface area contributed by atoms with Gasteiger partial charge < -0.3 is 14.5 Å². The summed E-state index contributed by atoms with van der Waals surface area (Å²) in [6, 6.07) is 16.0. The van der Waals surface area contributed by atoms with Crippen molar-refractivity contribution in [3.05, 3.63) is 77.5 Å². The molecule has 1 N–H and O–H groups in total. The van der Waals surface area contributed by atoms with E-state index in [9.17, 15) is 13.2 Å². The zero-order valence-corrected chi connectivity index (χ0v) is 22.4. The van der Waals surface area contributed by atoms with Crippen LogP contribution in [0.3, 0.4) is 0 Å². The molecule has 4 rings (SSSR count). The summed E-state index contributed by atoms with van der Waals surface area (Å²) in [4.78, 5) is 21.6. The number of aryl methyl sites for hydroxylation is 2. The van der Waals surface area contributed by atoms with Gasteiger partial charge in [0.15, 0.2) is 0 Å². The van der Waals surface area contributed by atoms with Gasteiger partial charge >= 0.3 is 0 Å². The number of nitrogens with zero attached hydrogens (tertiary/aromatic N) is 3. The number of sulfonamides is 1. The van der Waals surface area contributed by atoms with E-state index >= 15 is 0 Å². The zero-order valence-electron chi connectivity index (χ0n) is 21.6. The molecule has 3 aromatic rings. The fourth-order valence-electron chi connectivity index (χ4n) is 4.43. The molecule has 37 heavy (non-hydrogen) atoms. The van der Waals surface area contributed by atoms with Crippen molar-refractivity contribution in [2.24, 2.45) is 0 Å². The summed E-state index contributed by atoms with van der Waals surface area (Å²) in [6.07, 6.45) is 4.86. The average Bonchev–Trinajstić information content (AvgIpc) is 2.92. The molecular weight excluding hydrogens is 488 g/mol. The smallest absolute Gasteiger partial charge is 0.261 e. The molecule has 0 aliphatic carbocycles. The van der Waals surface area contributed by atoms with Crippen LogP contribution in [0, 0.1) is 6.92 Å². The lowest BCUT2D eigenvalue weighted by Gasteiger charge is -2.36. The third kappa shape index (κ3) is 6.22. The number of unbranched alkanes of at least 4 members (excludes halogenated alkanes) is 1. The summed E-state index contributed by atoms with van der Waals surface area (Å²) in [7, 11) is -2.26. The van der Waals surface area contributed by atoms with Crippen molar-refractivity contribution in [2.45, 2.75) is 38.0 Å². The van der Waals surface area contributed by atoms with E-state index in [1.807, 2.05) is 31.2 Å². The number of piperazine rings is 1. The minimum Gasteiger partial charge on any atom is -0.480 e. The standard InChI is InChI=1S/C28H34N4O4S/c1-4-5-7-22-10-12-23(13-11-22)30-37(34,35)24-14-9-21(2)25(20-24)28(33)32-18-16-31(17-19-32)26-8-6-15-29-27(26)36-3/h6,8-15,20,30H,4-5,7,16-19H2,1-3H3. The van der Waals surface area contributed by atoms with E-state index < -0.39 is 10.0 Å². The molecule has 1 aliphatic rings. The second kappa shape index (κ2) is 11.6. The lowest BCUT2D eigenvalue weighted by Crippen LogP contribution is -2.49. The number of hydrogen-bond donors (Lipinski definition) is 1. The molecule has 1 amide bonds. The Hall–Kier alpha value is -3.59. The SMILES string of the molecule is CCCCc1ccc(NS(=O)(=O)c2ccc(C)c(C(=O)N3CCN(c4cccnc4OC)CC3)c2)cc1. The van der Waals surface area contributed by atoms with Crippen LogP contribution in [0.1, 0.15) is 41.3 Å². The number of anilines is 2. The van der Waals surface area contributed by atoms with Crippen LogP contribution in [0.4, 0.5) is 11.4 Å². The van der Waals surface area contributed by atoms with Crippen molar-refractivity contribution in [3.8, 4) is 5.88 Å². The number of methoxy groups -OCH3 is 1. The van der Waals surface area contributed by atoms with Crippen LogP contribution >= 0.6 is 0 Å². The average molecular weight is 523 g/mol. The van der Waals surface area contributed by atoms with Crippen LogP contribution in [0.2, 0.25) is 0 Å². The molecule has 0 saturated carbocycles. The second-order valence-electron chi connectivity index (χ2n) is 9.19. The Morgan fingerprint density at radius 1 is 1.05 bits per heavy atom. The molecule has 9 heteroatoms. The van der Waals surface area contributed by atoms with Gasteiger partial charge in [0.05, 0.1) is 17.7 Å². The number of hydrogen-bond acceptors (Lipinski definition) is 6. The maximum absolute atomic E-state index is 13.4. The Balaban J connectivity index is 1.46. The van der Waals surface area contributed by atoms with Crippen molar-refractivity contribution < 1.29 is 17.9 Å². The topological polar surface area (TPSA) is 91.8 Å². The van der Waals surface area contributed by atoms with Crippen molar-refractivity contribution in [3.63, 3.8) is 0 Å². The number of nitrogens with one attached hydrogen (secondary N) is 1. The van der Waals surface area contributed by atoms with Gasteiger partial charge in [-0.1, -0.05) is 31.5 Å². The Labute approximate surface area is 219 Å². The monoisotopic (exact) mass is 522 g/mol. The summed E-state index contributed by atoms with van der Waals surface area (Å²) in [5.41, 5.74) is 3.70. The number of amides is 1. The minimum atomic E-state index is -3.85. The summed E-state index contributed by atoms with van der Waals surface area (Å²) in [5, 5.41) is 0. The van der Waals surface area contributed by atoms with Gasteiger partial charge in [-0.25, -0.2) is 13.4 Å². The Bertz CT molecular complexity index is 1330. The highest BCUT2D eigenvalue weighted by Crippen LogP contribution is 2.27. The number of carbonyl (C=O) groups is 1. The van der Waals surface area contributed by atoms with E-state index in [1.165, 1.54) is 17.7 Å². The first-order valence-electron chi connectivity index (χ1n) is 12.6. The molecule has 196 valence electrons. The first kappa shape index (κ1) is 26.5. The van der Waals surface area contributed by atoms with Crippen LogP contribution in [0.5, 0.6) is 5.88 Å². The molecule has 1 saturated heterocycles. The molecule has 1 aromatic heterocycles. The zero-order chi connectivity index (χ0) is 26.4. The van der Waals surface area contributed by atoms with Gasteiger partial charge in [0.2, 0.25) is 5.88 Å². The molecule has 1 aliphatic heterocycles. The van der Waals surface area contributed by atoms with Gasteiger partial charge in [-0.15, -0.1) is 0 Å². The first-order chi connectivity index (χ1) is 17.8. The number of carbonyl (C=O) groups excluding carboxylic acids is 1. The third-order valence-electron chi connectivity index (χ3n) is 6.63.